The Hall–Kier alpha value is -3.08. The fraction of sp³-hybridized carbons (Fsp3) is 0.800. The van der Waals surface area contributed by atoms with Crippen molar-refractivity contribution in [2.24, 2.45) is 84.7 Å². The number of Topliss-reactive ketones (excluding diaryl/α,β-unsaturated/α-hetero) is 5. The number of carbonyl (C=O) groups excluding carboxylic acids is 6. The van der Waals surface area contributed by atoms with E-state index in [0.29, 0.717) is 67.3 Å². The molecule has 0 aromatic rings. The van der Waals surface area contributed by atoms with Gasteiger partial charge in [-0.15, -0.1) is 0 Å². The van der Waals surface area contributed by atoms with Gasteiger partial charge in [0.15, 0.2) is 11.6 Å². The van der Waals surface area contributed by atoms with Gasteiger partial charge in [0.2, 0.25) is 0 Å². The normalized spacial score (nSPS) is 42.1. The number of ketones is 5. The number of hydrogen-bond donors (Lipinski definition) is 3. The van der Waals surface area contributed by atoms with Crippen molar-refractivity contribution >= 4 is 34.9 Å². The molecule has 3 N–H and O–H groups in total. The second-order valence-corrected chi connectivity index (χ2v) is 27.6. The van der Waals surface area contributed by atoms with Gasteiger partial charge in [-0.3, -0.25) is 28.8 Å². The summed E-state index contributed by atoms with van der Waals surface area (Å²) < 4.78 is 5.61. The van der Waals surface area contributed by atoms with Crippen molar-refractivity contribution in [3.63, 3.8) is 0 Å². The van der Waals surface area contributed by atoms with E-state index in [1.54, 1.807) is 6.92 Å². The number of aliphatic hydroxyl groups is 3. The number of esters is 1. The fourth-order valence-electron chi connectivity index (χ4n) is 18.1. The maximum atomic E-state index is 14.5. The first kappa shape index (κ1) is 53.2. The van der Waals surface area contributed by atoms with E-state index in [1.165, 1.54) is 18.1 Å². The van der Waals surface area contributed by atoms with E-state index in [2.05, 4.69) is 53.7 Å². The molecule has 4 fully saturated rings. The van der Waals surface area contributed by atoms with Crippen LogP contribution in [0.3, 0.4) is 0 Å². The van der Waals surface area contributed by atoms with Gasteiger partial charge >= 0.3 is 5.97 Å². The van der Waals surface area contributed by atoms with Crippen molar-refractivity contribution in [2.45, 2.75) is 211 Å². The Kier molecular flexibility index (Phi) is 13.1. The molecule has 0 amide bonds. The average Bonchev–Trinajstić information content (AvgIpc) is 3.67. The van der Waals surface area contributed by atoms with Crippen LogP contribution in [-0.2, 0) is 33.5 Å². The van der Waals surface area contributed by atoms with E-state index >= 15 is 0 Å². The molecule has 8 aliphatic carbocycles. The molecule has 4 saturated carbocycles. The van der Waals surface area contributed by atoms with Crippen molar-refractivity contribution in [1.29, 1.82) is 0 Å². The summed E-state index contributed by atoms with van der Waals surface area (Å²) >= 11 is 0. The maximum absolute atomic E-state index is 14.5. The first-order valence-corrected chi connectivity index (χ1v) is 27.3. The highest BCUT2D eigenvalue weighted by atomic mass is 16.5. The van der Waals surface area contributed by atoms with Crippen molar-refractivity contribution in [3.8, 4) is 0 Å². The van der Waals surface area contributed by atoms with Gasteiger partial charge in [-0.2, -0.15) is 0 Å². The topological polar surface area (TPSA) is 172 Å². The first-order chi connectivity index (χ1) is 32.2. The van der Waals surface area contributed by atoms with E-state index in [1.807, 2.05) is 41.5 Å². The van der Waals surface area contributed by atoms with Crippen LogP contribution in [0, 0.1) is 84.7 Å². The zero-order chi connectivity index (χ0) is 51.9. The first-order valence-electron chi connectivity index (χ1n) is 27.3. The van der Waals surface area contributed by atoms with Crippen LogP contribution < -0.4 is 0 Å². The lowest BCUT2D eigenvalue weighted by Crippen LogP contribution is -2.59. The summed E-state index contributed by atoms with van der Waals surface area (Å²) in [7, 11) is 0. The lowest BCUT2D eigenvalue weighted by molar-refractivity contribution is -0.163. The molecular formula is C60H88O10. The molecule has 0 radical (unpaired) electrons. The Morgan fingerprint density at radius 3 is 2.00 bits per heavy atom. The minimum atomic E-state index is -1.70. The van der Waals surface area contributed by atoms with E-state index in [-0.39, 0.29) is 94.1 Å². The molecule has 16 atom stereocenters. The van der Waals surface area contributed by atoms with Gasteiger partial charge in [-0.1, -0.05) is 102 Å². The minimum Gasteiger partial charge on any atom is -0.462 e. The zero-order valence-electron chi connectivity index (χ0n) is 45.4. The zero-order valence-corrected chi connectivity index (χ0v) is 45.4. The quantitative estimate of drug-likeness (QED) is 0.151. The Morgan fingerprint density at radius 1 is 0.743 bits per heavy atom. The van der Waals surface area contributed by atoms with Crippen molar-refractivity contribution in [2.75, 3.05) is 6.61 Å². The molecule has 70 heavy (non-hydrogen) atoms. The highest BCUT2D eigenvalue weighted by Crippen LogP contribution is 2.73. The van der Waals surface area contributed by atoms with Crippen LogP contribution in [0.15, 0.2) is 34.4 Å². The molecule has 10 heteroatoms. The Morgan fingerprint density at radius 2 is 1.36 bits per heavy atom. The van der Waals surface area contributed by atoms with Gasteiger partial charge in [-0.25, -0.2) is 0 Å². The molecule has 388 valence electrons. The average molecular weight is 969 g/mol. The summed E-state index contributed by atoms with van der Waals surface area (Å²) in [6.07, 6.45) is 11.1. The number of carbonyl (C=O) groups is 6. The molecular weight excluding hydrogens is 881 g/mol. The molecule has 0 saturated heterocycles. The van der Waals surface area contributed by atoms with Crippen LogP contribution in [-0.4, -0.2) is 74.6 Å². The van der Waals surface area contributed by atoms with E-state index in [4.69, 9.17) is 4.74 Å². The molecule has 0 bridgehead atoms. The van der Waals surface area contributed by atoms with E-state index in [0.717, 1.165) is 32.1 Å². The molecule has 0 unspecified atom stereocenters. The molecule has 0 aromatic heterocycles. The number of rotatable bonds is 13. The lowest BCUT2D eigenvalue weighted by Gasteiger charge is -2.59. The standard InChI is InChI=1S/C60H88O10/c1-33(37-19-25-57(11)39-16-17-43-52(4,5)45(64)21-23-54(43,8)38(39)20-26-56(37,57)10)15-18-47(66)59(13,69)32-70-51(68)35(3)28-36(61)27-34(2)40-29-48(67)60(14)50-41(62)30-44-53(6,7)46(65)22-24-55(44,9)49(50)42(63)31-58(40,60)12/h16,20,33-35,37,40,43-44,47-48,66-67,69H,15,17-19,21-32H2,1-14H3/t33-,34-,35+,37-,40-,43+,44+,47-,48-,54-,55+,56-,57+,58-,59+,60+/m1/s1. The smallest absolute Gasteiger partial charge is 0.309 e. The van der Waals surface area contributed by atoms with Gasteiger partial charge in [0, 0.05) is 71.3 Å². The highest BCUT2D eigenvalue weighted by Gasteiger charge is 2.70. The van der Waals surface area contributed by atoms with Crippen LogP contribution in [0.25, 0.3) is 0 Å². The van der Waals surface area contributed by atoms with Gasteiger partial charge in [0.05, 0.1) is 18.1 Å². The van der Waals surface area contributed by atoms with Crippen LogP contribution in [0.5, 0.6) is 0 Å². The molecule has 8 aliphatic rings. The van der Waals surface area contributed by atoms with Crippen LogP contribution >= 0.6 is 0 Å². The molecule has 0 heterocycles. The molecule has 0 spiro atoms. The Labute approximate surface area is 419 Å². The second-order valence-electron chi connectivity index (χ2n) is 27.6. The predicted molar refractivity (Wildman–Crippen MR) is 269 cm³/mol. The highest BCUT2D eigenvalue weighted by molar-refractivity contribution is 6.12. The third-order valence-electron chi connectivity index (χ3n) is 23.2. The van der Waals surface area contributed by atoms with Gasteiger partial charge < -0.3 is 20.1 Å². The molecule has 0 aromatic carbocycles. The number of aliphatic hydroxyl groups excluding tert-OH is 2. The van der Waals surface area contributed by atoms with Crippen molar-refractivity contribution in [3.05, 3.63) is 34.4 Å². The number of allylic oxidation sites excluding steroid dienone is 5. The van der Waals surface area contributed by atoms with Crippen molar-refractivity contribution in [1.82, 2.24) is 0 Å². The summed E-state index contributed by atoms with van der Waals surface area (Å²) in [5.74, 6) is -1.14. The Bertz CT molecular complexity index is 2350. The summed E-state index contributed by atoms with van der Waals surface area (Å²) in [4.78, 5) is 82.0. The third-order valence-corrected chi connectivity index (χ3v) is 23.2. The van der Waals surface area contributed by atoms with Crippen LogP contribution in [0.4, 0.5) is 0 Å². The van der Waals surface area contributed by atoms with Crippen LogP contribution in [0.1, 0.15) is 193 Å². The SMILES string of the molecule is C[C@H](CC[C@@H](O)[C@@](C)(O)COC(=O)[C@@H](C)CC(=O)C[C@@H](C)[C@H]1C[C@@H](O)[C@@]2(C)C3=C(C(=O)C[C@]12C)[C@@]1(C)CCC(=O)C(C)(C)[C@@H]1CC3=O)[C@H]1CC[C@@]2(C)C3=CC[C@H]4C(C)(C)C(=O)CC[C@]4(C)C3=CC[C@]12C. The van der Waals surface area contributed by atoms with Gasteiger partial charge in [0.25, 0.3) is 0 Å². The summed E-state index contributed by atoms with van der Waals surface area (Å²) in [5.41, 5.74) is -1.27. The summed E-state index contributed by atoms with van der Waals surface area (Å²) in [6.45, 7) is 28.3. The molecule has 10 nitrogen and oxygen atoms in total. The van der Waals surface area contributed by atoms with E-state index in [9.17, 15) is 44.1 Å². The second kappa shape index (κ2) is 17.2. The van der Waals surface area contributed by atoms with Gasteiger partial charge in [-0.05, 0) is 133 Å². The third kappa shape index (κ3) is 7.51. The number of fused-ring (bicyclic) bond motifs is 9. The Balaban J connectivity index is 0.846. The lowest BCUT2D eigenvalue weighted by atomic mass is 9.42. The molecule has 8 rings (SSSR count). The van der Waals surface area contributed by atoms with E-state index < -0.39 is 58.0 Å². The number of ether oxygens (including phenoxy) is 1. The van der Waals surface area contributed by atoms with Crippen molar-refractivity contribution < 1.29 is 48.8 Å². The fourth-order valence-corrected chi connectivity index (χ4v) is 18.1. The summed E-state index contributed by atoms with van der Waals surface area (Å²) in [5, 5.41) is 34.8. The predicted octanol–water partition coefficient (Wildman–Crippen LogP) is 10.4. The summed E-state index contributed by atoms with van der Waals surface area (Å²) in [6, 6.07) is 0. The minimum absolute atomic E-state index is 0.00758. The van der Waals surface area contributed by atoms with Gasteiger partial charge in [0.1, 0.15) is 29.6 Å². The monoisotopic (exact) mass is 969 g/mol. The maximum Gasteiger partial charge on any atom is 0.309 e. The largest absolute Gasteiger partial charge is 0.462 e. The molecule has 0 aliphatic heterocycles. The number of hydrogen-bond acceptors (Lipinski definition) is 10. The van der Waals surface area contributed by atoms with Crippen LogP contribution in [0.2, 0.25) is 0 Å².